The van der Waals surface area contributed by atoms with E-state index in [0.717, 1.165) is 12.8 Å². The van der Waals surface area contributed by atoms with E-state index < -0.39 is 0 Å². The van der Waals surface area contributed by atoms with Gasteiger partial charge in [-0.05, 0) is 18.8 Å². The highest BCUT2D eigenvalue weighted by molar-refractivity contribution is 5.90. The zero-order chi connectivity index (χ0) is 21.0. The van der Waals surface area contributed by atoms with Gasteiger partial charge in [-0.3, -0.25) is 14.4 Å². The molecule has 0 saturated carbocycles. The Hall–Kier alpha value is -2.64. The van der Waals surface area contributed by atoms with E-state index in [0.29, 0.717) is 44.3 Å². The molecule has 1 aromatic rings. The number of hydrogen-bond acceptors (Lipinski definition) is 4. The quantitative estimate of drug-likeness (QED) is 0.709. The Kier molecular flexibility index (Phi) is 6.71. The molecule has 8 heteroatoms. The van der Waals surface area contributed by atoms with E-state index in [9.17, 15) is 14.4 Å². The monoisotopic (exact) mass is 401 g/mol. The van der Waals surface area contributed by atoms with Crippen LogP contribution in [0.25, 0.3) is 0 Å². The molecule has 0 aliphatic carbocycles. The highest BCUT2D eigenvalue weighted by Crippen LogP contribution is 2.28. The predicted molar refractivity (Wildman–Crippen MR) is 110 cm³/mol. The first-order valence-electron chi connectivity index (χ1n) is 10.4. The predicted octanol–water partition coefficient (Wildman–Crippen LogP) is 2.07. The maximum absolute atomic E-state index is 12.8. The number of carbonyl (C=O) groups is 3. The number of carbonyl (C=O) groups excluding carboxylic acids is 3. The minimum atomic E-state index is -0.255. The number of likely N-dealkylation sites (tertiary alicyclic amines) is 2. The highest BCUT2D eigenvalue weighted by atomic mass is 16.2. The summed E-state index contributed by atoms with van der Waals surface area (Å²) < 4.78 is 1.87. The summed E-state index contributed by atoms with van der Waals surface area (Å²) in [6.45, 7) is 9.93. The lowest BCUT2D eigenvalue weighted by Crippen LogP contribution is -2.43. The van der Waals surface area contributed by atoms with Crippen LogP contribution in [0.3, 0.4) is 0 Å². The average molecular weight is 402 g/mol. The number of rotatable bonds is 7. The molecule has 158 valence electrons. The molecule has 1 aromatic heterocycles. The van der Waals surface area contributed by atoms with Gasteiger partial charge in [-0.1, -0.05) is 19.9 Å². The van der Waals surface area contributed by atoms with Crippen molar-refractivity contribution in [3.8, 4) is 0 Å². The van der Waals surface area contributed by atoms with Gasteiger partial charge >= 0.3 is 0 Å². The van der Waals surface area contributed by atoms with Gasteiger partial charge in [0.15, 0.2) is 0 Å². The summed E-state index contributed by atoms with van der Waals surface area (Å²) >= 11 is 0. The summed E-state index contributed by atoms with van der Waals surface area (Å²) in [5, 5.41) is 7.35. The number of amides is 3. The second-order valence-electron chi connectivity index (χ2n) is 8.35. The third-order valence-corrected chi connectivity index (χ3v) is 5.57. The Balaban J connectivity index is 1.54. The molecule has 2 aliphatic rings. The Morgan fingerprint density at radius 3 is 2.72 bits per heavy atom. The molecule has 2 aliphatic heterocycles. The molecule has 2 saturated heterocycles. The third kappa shape index (κ3) is 5.05. The molecule has 1 N–H and O–H groups in total. The maximum Gasteiger partial charge on any atom is 0.227 e. The SMILES string of the molecule is C=CCN1C[C@H](C(=O)N2CCC(n3nccc3NC(=O)CC(C)C)CC2)CC1=O. The largest absolute Gasteiger partial charge is 0.342 e. The smallest absolute Gasteiger partial charge is 0.227 e. The number of piperidine rings is 1. The average Bonchev–Trinajstić information content (AvgIpc) is 3.28. The molecule has 2 fully saturated rings. The first-order valence-corrected chi connectivity index (χ1v) is 10.4. The fourth-order valence-corrected chi connectivity index (χ4v) is 4.13. The maximum atomic E-state index is 12.8. The molecule has 0 radical (unpaired) electrons. The van der Waals surface area contributed by atoms with Crippen LogP contribution in [0.4, 0.5) is 5.82 Å². The number of anilines is 1. The first kappa shape index (κ1) is 21.1. The Labute approximate surface area is 171 Å². The van der Waals surface area contributed by atoms with Crippen LogP contribution in [0.5, 0.6) is 0 Å². The lowest BCUT2D eigenvalue weighted by atomic mass is 10.0. The van der Waals surface area contributed by atoms with Crippen LogP contribution in [0, 0.1) is 11.8 Å². The molecule has 3 amide bonds. The zero-order valence-electron chi connectivity index (χ0n) is 17.3. The number of aromatic nitrogens is 2. The normalized spacial score (nSPS) is 20.4. The van der Waals surface area contributed by atoms with Crippen molar-refractivity contribution in [1.29, 1.82) is 0 Å². The van der Waals surface area contributed by atoms with E-state index in [1.54, 1.807) is 17.2 Å². The minimum absolute atomic E-state index is 0.00987. The van der Waals surface area contributed by atoms with Gasteiger partial charge in [0.2, 0.25) is 17.7 Å². The lowest BCUT2D eigenvalue weighted by molar-refractivity contribution is -0.137. The molecular weight excluding hydrogens is 370 g/mol. The molecule has 0 unspecified atom stereocenters. The minimum Gasteiger partial charge on any atom is -0.342 e. The van der Waals surface area contributed by atoms with E-state index in [2.05, 4.69) is 17.0 Å². The third-order valence-electron chi connectivity index (χ3n) is 5.57. The van der Waals surface area contributed by atoms with E-state index >= 15 is 0 Å². The fourth-order valence-electron chi connectivity index (χ4n) is 4.13. The fraction of sp³-hybridized carbons (Fsp3) is 0.619. The van der Waals surface area contributed by atoms with Crippen molar-refractivity contribution in [2.45, 2.75) is 45.6 Å². The van der Waals surface area contributed by atoms with Crippen LogP contribution >= 0.6 is 0 Å². The number of nitrogens with zero attached hydrogens (tertiary/aromatic N) is 4. The van der Waals surface area contributed by atoms with Gasteiger partial charge in [0, 0.05) is 45.1 Å². The van der Waals surface area contributed by atoms with Crippen LogP contribution in [-0.4, -0.2) is 63.5 Å². The number of hydrogen-bond donors (Lipinski definition) is 1. The van der Waals surface area contributed by atoms with E-state index in [1.807, 2.05) is 29.5 Å². The molecule has 3 rings (SSSR count). The van der Waals surface area contributed by atoms with Gasteiger partial charge in [0.1, 0.15) is 5.82 Å². The van der Waals surface area contributed by atoms with Crippen molar-refractivity contribution in [3.63, 3.8) is 0 Å². The first-order chi connectivity index (χ1) is 13.9. The molecule has 0 aromatic carbocycles. The summed E-state index contributed by atoms with van der Waals surface area (Å²) in [7, 11) is 0. The van der Waals surface area contributed by atoms with Gasteiger partial charge in [-0.25, -0.2) is 4.68 Å². The molecule has 1 atom stereocenters. The van der Waals surface area contributed by atoms with E-state index in [1.165, 1.54) is 0 Å². The van der Waals surface area contributed by atoms with Gasteiger partial charge in [-0.15, -0.1) is 6.58 Å². The van der Waals surface area contributed by atoms with Gasteiger partial charge in [-0.2, -0.15) is 5.10 Å². The Bertz CT molecular complexity index is 764. The summed E-state index contributed by atoms with van der Waals surface area (Å²) in [6.07, 6.45) is 5.70. The standard InChI is InChI=1S/C21H31N5O3/c1-4-9-25-14-16(13-20(25)28)21(29)24-10-6-17(7-11-24)26-18(5-8-22-26)23-19(27)12-15(2)3/h4-5,8,15-17H,1,6-7,9-14H2,2-3H3,(H,23,27)/t16-/m1/s1. The second-order valence-corrected chi connectivity index (χ2v) is 8.35. The van der Waals surface area contributed by atoms with E-state index in [-0.39, 0.29) is 36.1 Å². The van der Waals surface area contributed by atoms with Crippen LogP contribution < -0.4 is 5.32 Å². The van der Waals surface area contributed by atoms with E-state index in [4.69, 9.17) is 0 Å². The molecule has 0 spiro atoms. The zero-order valence-corrected chi connectivity index (χ0v) is 17.3. The summed E-state index contributed by atoms with van der Waals surface area (Å²) in [4.78, 5) is 40.5. The van der Waals surface area contributed by atoms with Crippen molar-refractivity contribution in [2.24, 2.45) is 11.8 Å². The van der Waals surface area contributed by atoms with Crippen molar-refractivity contribution in [1.82, 2.24) is 19.6 Å². The van der Waals surface area contributed by atoms with Gasteiger partial charge in [0.25, 0.3) is 0 Å². The van der Waals surface area contributed by atoms with Gasteiger partial charge < -0.3 is 15.1 Å². The van der Waals surface area contributed by atoms with Crippen LogP contribution in [-0.2, 0) is 14.4 Å². The van der Waals surface area contributed by atoms with Crippen molar-refractivity contribution >= 4 is 23.5 Å². The van der Waals surface area contributed by atoms with Crippen LogP contribution in [0.2, 0.25) is 0 Å². The van der Waals surface area contributed by atoms with Crippen molar-refractivity contribution < 1.29 is 14.4 Å². The molecule has 8 nitrogen and oxygen atoms in total. The molecule has 3 heterocycles. The van der Waals surface area contributed by atoms with Crippen molar-refractivity contribution in [2.75, 3.05) is 31.5 Å². The molecular formula is C21H31N5O3. The number of nitrogens with one attached hydrogen (secondary N) is 1. The Morgan fingerprint density at radius 2 is 2.07 bits per heavy atom. The lowest BCUT2D eigenvalue weighted by Gasteiger charge is -2.34. The van der Waals surface area contributed by atoms with Crippen LogP contribution in [0.1, 0.15) is 45.6 Å². The van der Waals surface area contributed by atoms with Crippen LogP contribution in [0.15, 0.2) is 24.9 Å². The van der Waals surface area contributed by atoms with Crippen molar-refractivity contribution in [3.05, 3.63) is 24.9 Å². The molecule has 0 bridgehead atoms. The topological polar surface area (TPSA) is 87.5 Å². The highest BCUT2D eigenvalue weighted by Gasteiger charge is 2.37. The Morgan fingerprint density at radius 1 is 1.34 bits per heavy atom. The summed E-state index contributed by atoms with van der Waals surface area (Å²) in [5.41, 5.74) is 0. The molecule has 29 heavy (non-hydrogen) atoms. The summed E-state index contributed by atoms with van der Waals surface area (Å²) in [6, 6.07) is 1.96. The van der Waals surface area contributed by atoms with Gasteiger partial charge in [0.05, 0.1) is 18.2 Å². The second kappa shape index (κ2) is 9.24. The summed E-state index contributed by atoms with van der Waals surface area (Å²) in [5.74, 6) is 0.831.